The number of amides is 1. The van der Waals surface area contributed by atoms with Gasteiger partial charge in [0, 0.05) is 13.1 Å². The van der Waals surface area contributed by atoms with Crippen molar-refractivity contribution >= 4 is 5.91 Å². The van der Waals surface area contributed by atoms with Crippen molar-refractivity contribution in [2.45, 2.75) is 65.3 Å². The van der Waals surface area contributed by atoms with Gasteiger partial charge in [-0.3, -0.25) is 4.79 Å². The lowest BCUT2D eigenvalue weighted by molar-refractivity contribution is -0.180. The summed E-state index contributed by atoms with van der Waals surface area (Å²) < 4.78 is 0. The molecule has 24 heavy (non-hydrogen) atoms. The van der Waals surface area contributed by atoms with E-state index in [1.807, 2.05) is 0 Å². The van der Waals surface area contributed by atoms with Gasteiger partial charge < -0.3 is 4.90 Å². The van der Waals surface area contributed by atoms with Crippen molar-refractivity contribution in [2.24, 2.45) is 22.2 Å². The Labute approximate surface area is 145 Å². The number of hydrogen-bond acceptors (Lipinski definition) is 1. The molecule has 4 bridgehead atoms. The average molecular weight is 323 g/mol. The van der Waals surface area contributed by atoms with Crippen LogP contribution in [-0.4, -0.2) is 17.4 Å². The van der Waals surface area contributed by atoms with Crippen molar-refractivity contribution in [3.63, 3.8) is 0 Å². The normalized spacial score (nSPS) is 42.9. The fraction of sp³-hybridized carbons (Fsp3) is 0.682. The standard InChI is InChI=1S/C22H29NO/c1-20-9-16-10-21(2,13-20)15-22(11-16,14-20)19(24)23-8-7-17-5-3-4-6-18(17)12-23/h3-6,16H,7-15H2,1-2H3. The molecule has 1 aromatic carbocycles. The van der Waals surface area contributed by atoms with Gasteiger partial charge in [0.2, 0.25) is 5.91 Å². The molecular weight excluding hydrogens is 294 g/mol. The van der Waals surface area contributed by atoms with Gasteiger partial charge in [0.25, 0.3) is 0 Å². The molecular formula is C22H29NO. The van der Waals surface area contributed by atoms with Crippen LogP contribution in [0.4, 0.5) is 0 Å². The van der Waals surface area contributed by atoms with Crippen LogP contribution in [0.1, 0.15) is 63.5 Å². The fourth-order valence-electron chi connectivity index (χ4n) is 7.69. The first-order chi connectivity index (χ1) is 11.4. The third-order valence-corrected chi connectivity index (χ3v) is 7.50. The molecule has 0 radical (unpaired) electrons. The average Bonchev–Trinajstić information content (AvgIpc) is 2.50. The van der Waals surface area contributed by atoms with Crippen LogP contribution in [0.15, 0.2) is 24.3 Å². The number of hydrogen-bond donors (Lipinski definition) is 0. The van der Waals surface area contributed by atoms with Crippen molar-refractivity contribution in [3.8, 4) is 0 Å². The molecule has 128 valence electrons. The maximum absolute atomic E-state index is 13.7. The lowest BCUT2D eigenvalue weighted by atomic mass is 9.40. The summed E-state index contributed by atoms with van der Waals surface area (Å²) in [7, 11) is 0. The van der Waals surface area contributed by atoms with E-state index in [4.69, 9.17) is 0 Å². The Kier molecular flexibility index (Phi) is 2.90. The first-order valence-corrected chi connectivity index (χ1v) is 9.75. The van der Waals surface area contributed by atoms with Crippen LogP contribution in [-0.2, 0) is 17.8 Å². The van der Waals surface area contributed by atoms with Crippen LogP contribution in [0.25, 0.3) is 0 Å². The Morgan fingerprint density at radius 1 is 1.00 bits per heavy atom. The number of carbonyl (C=O) groups excluding carboxylic acids is 1. The highest BCUT2D eigenvalue weighted by Crippen LogP contribution is 2.69. The smallest absolute Gasteiger partial charge is 0.229 e. The molecule has 2 nitrogen and oxygen atoms in total. The predicted molar refractivity (Wildman–Crippen MR) is 95.4 cm³/mol. The molecule has 5 aliphatic rings. The molecule has 0 saturated heterocycles. The van der Waals surface area contributed by atoms with Crippen LogP contribution in [0.3, 0.4) is 0 Å². The highest BCUT2D eigenvalue weighted by atomic mass is 16.2. The van der Waals surface area contributed by atoms with E-state index in [0.29, 0.717) is 16.7 Å². The third kappa shape index (κ3) is 2.11. The van der Waals surface area contributed by atoms with Crippen molar-refractivity contribution in [1.29, 1.82) is 0 Å². The summed E-state index contributed by atoms with van der Waals surface area (Å²) in [5.74, 6) is 1.27. The highest BCUT2D eigenvalue weighted by Gasteiger charge is 2.63. The summed E-state index contributed by atoms with van der Waals surface area (Å²) in [5.41, 5.74) is 3.58. The second-order valence-electron chi connectivity index (χ2n) is 10.2. The Balaban J connectivity index is 1.45. The maximum atomic E-state index is 13.7. The van der Waals surface area contributed by atoms with Gasteiger partial charge in [0.1, 0.15) is 0 Å². The van der Waals surface area contributed by atoms with Gasteiger partial charge >= 0.3 is 0 Å². The van der Waals surface area contributed by atoms with Gasteiger partial charge in [-0.1, -0.05) is 38.1 Å². The first kappa shape index (κ1) is 15.0. The molecule has 0 aromatic heterocycles. The van der Waals surface area contributed by atoms with Crippen LogP contribution >= 0.6 is 0 Å². The molecule has 1 aromatic rings. The van der Waals surface area contributed by atoms with Crippen LogP contribution in [0.5, 0.6) is 0 Å². The van der Waals surface area contributed by atoms with Gasteiger partial charge in [0.05, 0.1) is 5.41 Å². The Hall–Kier alpha value is -1.31. The van der Waals surface area contributed by atoms with Crippen molar-refractivity contribution in [1.82, 2.24) is 4.90 Å². The van der Waals surface area contributed by atoms with Gasteiger partial charge in [-0.25, -0.2) is 0 Å². The number of fused-ring (bicyclic) bond motifs is 1. The lowest BCUT2D eigenvalue weighted by Crippen LogP contribution is -2.60. The van der Waals surface area contributed by atoms with E-state index in [-0.39, 0.29) is 5.41 Å². The molecule has 1 heterocycles. The van der Waals surface area contributed by atoms with Crippen molar-refractivity contribution in [2.75, 3.05) is 6.54 Å². The molecule has 0 N–H and O–H groups in total. The zero-order chi connectivity index (χ0) is 16.6. The molecule has 4 saturated carbocycles. The SMILES string of the molecule is CC12CC3CC(C)(C1)CC(C(=O)N1CCc4ccccc4C1)(C3)C2. The Bertz CT molecular complexity index is 690. The molecule has 4 aliphatic carbocycles. The summed E-state index contributed by atoms with van der Waals surface area (Å²) in [5, 5.41) is 0. The zero-order valence-electron chi connectivity index (χ0n) is 15.1. The van der Waals surface area contributed by atoms with Crippen molar-refractivity contribution < 1.29 is 4.79 Å². The fourth-order valence-corrected chi connectivity index (χ4v) is 7.69. The molecule has 4 fully saturated rings. The van der Waals surface area contributed by atoms with E-state index in [9.17, 15) is 4.79 Å². The maximum Gasteiger partial charge on any atom is 0.229 e. The molecule has 2 heteroatoms. The first-order valence-electron chi connectivity index (χ1n) is 9.75. The van der Waals surface area contributed by atoms with E-state index in [2.05, 4.69) is 43.0 Å². The number of carbonyl (C=O) groups is 1. The lowest BCUT2D eigenvalue weighted by Gasteiger charge is -2.65. The van der Waals surface area contributed by atoms with Gasteiger partial charge in [0.15, 0.2) is 0 Å². The quantitative estimate of drug-likeness (QED) is 0.741. The third-order valence-electron chi connectivity index (χ3n) is 7.50. The monoisotopic (exact) mass is 323 g/mol. The van der Waals surface area contributed by atoms with E-state index in [0.717, 1.165) is 44.7 Å². The van der Waals surface area contributed by atoms with Crippen LogP contribution < -0.4 is 0 Å². The summed E-state index contributed by atoms with van der Waals surface area (Å²) in [6.07, 6.45) is 8.53. The van der Waals surface area contributed by atoms with E-state index >= 15 is 0 Å². The molecule has 1 amide bonds. The molecule has 2 atom stereocenters. The summed E-state index contributed by atoms with van der Waals surface area (Å²) in [4.78, 5) is 15.9. The van der Waals surface area contributed by atoms with Gasteiger partial charge in [-0.15, -0.1) is 0 Å². The summed E-state index contributed by atoms with van der Waals surface area (Å²) >= 11 is 0. The summed E-state index contributed by atoms with van der Waals surface area (Å²) in [6.45, 7) is 6.66. The number of rotatable bonds is 1. The molecule has 0 spiro atoms. The zero-order valence-corrected chi connectivity index (χ0v) is 15.1. The second-order valence-corrected chi connectivity index (χ2v) is 10.2. The molecule has 1 aliphatic heterocycles. The van der Waals surface area contributed by atoms with Crippen LogP contribution in [0, 0.1) is 22.2 Å². The van der Waals surface area contributed by atoms with E-state index in [1.165, 1.54) is 30.4 Å². The largest absolute Gasteiger partial charge is 0.338 e. The highest BCUT2D eigenvalue weighted by molar-refractivity contribution is 5.84. The number of benzene rings is 1. The minimum Gasteiger partial charge on any atom is -0.338 e. The second kappa shape index (κ2) is 4.65. The van der Waals surface area contributed by atoms with E-state index in [1.54, 1.807) is 0 Å². The van der Waals surface area contributed by atoms with Crippen molar-refractivity contribution in [3.05, 3.63) is 35.4 Å². The van der Waals surface area contributed by atoms with Crippen LogP contribution in [0.2, 0.25) is 0 Å². The summed E-state index contributed by atoms with van der Waals surface area (Å²) in [6, 6.07) is 8.66. The van der Waals surface area contributed by atoms with E-state index < -0.39 is 0 Å². The Morgan fingerprint density at radius 2 is 1.67 bits per heavy atom. The molecule has 2 unspecified atom stereocenters. The minimum absolute atomic E-state index is 0.0464. The van der Waals surface area contributed by atoms with Gasteiger partial charge in [-0.05, 0) is 72.8 Å². The topological polar surface area (TPSA) is 20.3 Å². The minimum atomic E-state index is -0.0464. The number of nitrogens with zero attached hydrogens (tertiary/aromatic N) is 1. The van der Waals surface area contributed by atoms with Gasteiger partial charge in [-0.2, -0.15) is 0 Å². The predicted octanol–water partition coefficient (Wildman–Crippen LogP) is 4.57. The Morgan fingerprint density at radius 3 is 2.33 bits per heavy atom. The molecule has 6 rings (SSSR count).